The number of rotatable bonds is 1. The van der Waals surface area contributed by atoms with Crippen molar-refractivity contribution >= 4 is 11.8 Å². The first-order chi connectivity index (χ1) is 11.2. The average molecular weight is 312 g/mol. The van der Waals surface area contributed by atoms with Crippen molar-refractivity contribution in [2.24, 2.45) is 0 Å². The number of ether oxygens (including phenoxy) is 1. The summed E-state index contributed by atoms with van der Waals surface area (Å²) in [5.41, 5.74) is 0.296. The van der Waals surface area contributed by atoms with E-state index in [2.05, 4.69) is 15.5 Å². The highest BCUT2D eigenvalue weighted by molar-refractivity contribution is 5.98. The number of H-pyrrole nitrogens is 1. The number of hydrogen-bond donors (Lipinski definition) is 2. The molecule has 0 unspecified atom stereocenters. The molecule has 2 amide bonds. The maximum atomic E-state index is 12.3. The summed E-state index contributed by atoms with van der Waals surface area (Å²) in [6.45, 7) is 1.03. The highest BCUT2D eigenvalue weighted by atomic mass is 16.5. The number of carbonyl (C=O) groups is 2. The fraction of sp³-hybridized carbons (Fsp3) is 0.312. The minimum Gasteiger partial charge on any atom is -0.467 e. The van der Waals surface area contributed by atoms with Crippen LogP contribution in [-0.4, -0.2) is 45.7 Å². The lowest BCUT2D eigenvalue weighted by atomic mass is 9.96. The molecule has 23 heavy (non-hydrogen) atoms. The van der Waals surface area contributed by atoms with Crippen LogP contribution in [0.4, 0.5) is 0 Å². The Labute approximate surface area is 132 Å². The number of hydrogen-bond acceptors (Lipinski definition) is 4. The van der Waals surface area contributed by atoms with Crippen molar-refractivity contribution in [3.8, 4) is 5.75 Å². The Kier molecular flexibility index (Phi) is 3.07. The van der Waals surface area contributed by atoms with Crippen molar-refractivity contribution in [2.45, 2.75) is 18.6 Å². The SMILES string of the molecule is O=C1NC2(CCN(C(=O)c3ccn[nH]3)CC2)Oc2ccccc21. The van der Waals surface area contributed by atoms with Crippen molar-refractivity contribution in [3.63, 3.8) is 0 Å². The van der Waals surface area contributed by atoms with Gasteiger partial charge in [-0.05, 0) is 18.2 Å². The Morgan fingerprint density at radius 2 is 2.00 bits per heavy atom. The molecule has 7 heteroatoms. The Bertz CT molecular complexity index is 748. The van der Waals surface area contributed by atoms with Crippen molar-refractivity contribution in [2.75, 3.05) is 13.1 Å². The topological polar surface area (TPSA) is 87.3 Å². The first kappa shape index (κ1) is 13.8. The number of aromatic amines is 1. The number of piperidine rings is 1. The van der Waals surface area contributed by atoms with Crippen LogP contribution in [-0.2, 0) is 0 Å². The van der Waals surface area contributed by atoms with E-state index in [1.165, 1.54) is 0 Å². The molecule has 0 atom stereocenters. The van der Waals surface area contributed by atoms with E-state index in [1.54, 1.807) is 29.3 Å². The number of aromatic nitrogens is 2. The molecule has 2 aromatic rings. The second-order valence-corrected chi connectivity index (χ2v) is 5.81. The third-order valence-corrected chi connectivity index (χ3v) is 4.37. The molecule has 0 aliphatic carbocycles. The largest absolute Gasteiger partial charge is 0.467 e. The molecule has 7 nitrogen and oxygen atoms in total. The number of fused-ring (bicyclic) bond motifs is 1. The fourth-order valence-corrected chi connectivity index (χ4v) is 3.10. The smallest absolute Gasteiger partial charge is 0.271 e. The molecule has 118 valence electrons. The lowest BCUT2D eigenvalue weighted by Gasteiger charge is -2.44. The van der Waals surface area contributed by atoms with Gasteiger partial charge in [0, 0.05) is 32.1 Å². The number of carbonyl (C=O) groups excluding carboxylic acids is 2. The lowest BCUT2D eigenvalue weighted by Crippen LogP contribution is -2.61. The minimum absolute atomic E-state index is 0.0834. The first-order valence-electron chi connectivity index (χ1n) is 7.56. The number of benzene rings is 1. The molecule has 2 aliphatic rings. The van der Waals surface area contributed by atoms with Gasteiger partial charge >= 0.3 is 0 Å². The normalized spacial score (nSPS) is 19.0. The second-order valence-electron chi connectivity index (χ2n) is 5.81. The molecule has 0 saturated carbocycles. The maximum Gasteiger partial charge on any atom is 0.271 e. The molecule has 1 aromatic carbocycles. The zero-order chi connectivity index (χ0) is 15.9. The Morgan fingerprint density at radius 3 is 2.74 bits per heavy atom. The minimum atomic E-state index is -0.726. The highest BCUT2D eigenvalue weighted by Gasteiger charge is 2.43. The molecule has 0 radical (unpaired) electrons. The van der Waals surface area contributed by atoms with E-state index in [0.717, 1.165) is 0 Å². The van der Waals surface area contributed by atoms with Crippen LogP contribution < -0.4 is 10.1 Å². The molecule has 1 spiro atoms. The van der Waals surface area contributed by atoms with Gasteiger partial charge in [0.15, 0.2) is 5.72 Å². The van der Waals surface area contributed by atoms with E-state index in [-0.39, 0.29) is 11.8 Å². The van der Waals surface area contributed by atoms with Crippen LogP contribution in [0.5, 0.6) is 5.75 Å². The van der Waals surface area contributed by atoms with Gasteiger partial charge in [-0.1, -0.05) is 12.1 Å². The predicted molar refractivity (Wildman–Crippen MR) is 81.0 cm³/mol. The summed E-state index contributed by atoms with van der Waals surface area (Å²) in [6, 6.07) is 8.86. The van der Waals surface area contributed by atoms with Crippen LogP contribution in [0.1, 0.15) is 33.7 Å². The molecule has 1 aromatic heterocycles. The van der Waals surface area contributed by atoms with Crippen LogP contribution in [0.15, 0.2) is 36.5 Å². The van der Waals surface area contributed by atoms with Crippen molar-refractivity contribution in [3.05, 3.63) is 47.8 Å². The zero-order valence-electron chi connectivity index (χ0n) is 12.4. The fourth-order valence-electron chi connectivity index (χ4n) is 3.10. The summed E-state index contributed by atoms with van der Waals surface area (Å²) in [5, 5.41) is 9.45. The van der Waals surface area contributed by atoms with Gasteiger partial charge in [0.1, 0.15) is 11.4 Å². The second kappa shape index (κ2) is 5.12. The first-order valence-corrected chi connectivity index (χ1v) is 7.56. The molecular weight excluding hydrogens is 296 g/mol. The summed E-state index contributed by atoms with van der Waals surface area (Å²) < 4.78 is 6.06. The quantitative estimate of drug-likeness (QED) is 0.827. The zero-order valence-corrected chi connectivity index (χ0v) is 12.4. The number of amides is 2. The molecule has 4 rings (SSSR count). The molecule has 1 saturated heterocycles. The summed E-state index contributed by atoms with van der Waals surface area (Å²) in [4.78, 5) is 26.3. The third-order valence-electron chi connectivity index (χ3n) is 4.37. The average Bonchev–Trinajstić information content (AvgIpc) is 3.09. The van der Waals surface area contributed by atoms with E-state index in [9.17, 15) is 9.59 Å². The number of para-hydroxylation sites is 1. The monoisotopic (exact) mass is 312 g/mol. The van der Waals surface area contributed by atoms with Crippen molar-refractivity contribution in [1.82, 2.24) is 20.4 Å². The van der Waals surface area contributed by atoms with Crippen LogP contribution in [0, 0.1) is 0 Å². The van der Waals surface area contributed by atoms with Crippen LogP contribution in [0.3, 0.4) is 0 Å². The van der Waals surface area contributed by atoms with Crippen molar-refractivity contribution < 1.29 is 14.3 Å². The van der Waals surface area contributed by atoms with Crippen LogP contribution >= 0.6 is 0 Å². The van der Waals surface area contributed by atoms with E-state index in [4.69, 9.17) is 4.74 Å². The van der Waals surface area contributed by atoms with E-state index < -0.39 is 5.72 Å². The Morgan fingerprint density at radius 1 is 1.22 bits per heavy atom. The maximum absolute atomic E-state index is 12.3. The predicted octanol–water partition coefficient (Wildman–Crippen LogP) is 1.16. The molecule has 3 heterocycles. The summed E-state index contributed by atoms with van der Waals surface area (Å²) in [7, 11) is 0. The lowest BCUT2D eigenvalue weighted by molar-refractivity contribution is -0.0246. The highest BCUT2D eigenvalue weighted by Crippen LogP contribution is 2.33. The standard InChI is InChI=1S/C16H16N4O3/c21-14-11-3-1-2-4-13(11)23-16(18-14)6-9-20(10-7-16)15(22)12-5-8-17-19-12/h1-5,8H,6-7,9-10H2,(H,17,19)(H,18,21). The number of likely N-dealkylation sites (tertiary alicyclic amines) is 1. The van der Waals surface area contributed by atoms with Crippen LogP contribution in [0.25, 0.3) is 0 Å². The Balaban J connectivity index is 1.50. The van der Waals surface area contributed by atoms with Crippen LogP contribution in [0.2, 0.25) is 0 Å². The summed E-state index contributed by atoms with van der Waals surface area (Å²) in [5.74, 6) is 0.393. The van der Waals surface area contributed by atoms with Gasteiger partial charge in [-0.3, -0.25) is 14.7 Å². The molecule has 1 fully saturated rings. The van der Waals surface area contributed by atoms with Gasteiger partial charge < -0.3 is 15.0 Å². The summed E-state index contributed by atoms with van der Waals surface area (Å²) in [6.07, 6.45) is 2.65. The van der Waals surface area contributed by atoms with E-state index in [1.807, 2.05) is 12.1 Å². The molecule has 2 aliphatic heterocycles. The van der Waals surface area contributed by atoms with Gasteiger partial charge in [-0.2, -0.15) is 5.10 Å². The summed E-state index contributed by atoms with van der Waals surface area (Å²) >= 11 is 0. The van der Waals surface area contributed by atoms with Gasteiger partial charge in [0.25, 0.3) is 11.8 Å². The molecule has 0 bridgehead atoms. The van der Waals surface area contributed by atoms with E-state index in [0.29, 0.717) is 42.9 Å². The Hall–Kier alpha value is -2.83. The number of nitrogens with one attached hydrogen (secondary N) is 2. The van der Waals surface area contributed by atoms with Crippen molar-refractivity contribution in [1.29, 1.82) is 0 Å². The van der Waals surface area contributed by atoms with Gasteiger partial charge in [-0.25, -0.2) is 0 Å². The van der Waals surface area contributed by atoms with Gasteiger partial charge in [0.2, 0.25) is 0 Å². The third kappa shape index (κ3) is 2.34. The number of nitrogens with zero attached hydrogens (tertiary/aromatic N) is 2. The van der Waals surface area contributed by atoms with Gasteiger partial charge in [-0.15, -0.1) is 0 Å². The van der Waals surface area contributed by atoms with E-state index >= 15 is 0 Å². The molecule has 2 N–H and O–H groups in total. The van der Waals surface area contributed by atoms with Gasteiger partial charge in [0.05, 0.1) is 5.56 Å². The molecular formula is C16H16N4O3.